The number of methoxy groups -OCH3 is 1. The molecule has 3 rings (SSSR count). The predicted molar refractivity (Wildman–Crippen MR) is 137 cm³/mol. The maximum Gasteiger partial charge on any atom is 0.251 e. The minimum absolute atomic E-state index is 0. The number of guanidine groups is 1. The van der Waals surface area contributed by atoms with Gasteiger partial charge in [0, 0.05) is 32.4 Å². The fraction of sp³-hybridized carbons (Fsp3) is 0.261. The van der Waals surface area contributed by atoms with Crippen LogP contribution in [0.3, 0.4) is 0 Å². The van der Waals surface area contributed by atoms with Crippen LogP contribution >= 0.6 is 24.0 Å². The third-order valence-electron chi connectivity index (χ3n) is 4.76. The van der Waals surface area contributed by atoms with Crippen LogP contribution in [-0.4, -0.2) is 49.4 Å². The van der Waals surface area contributed by atoms with Crippen LogP contribution in [-0.2, 0) is 13.0 Å². The summed E-state index contributed by atoms with van der Waals surface area (Å²) in [5, 5.41) is 13.8. The van der Waals surface area contributed by atoms with Crippen molar-refractivity contribution in [3.05, 3.63) is 77.6 Å². The Bertz CT molecular complexity index is 1030. The van der Waals surface area contributed by atoms with Crippen LogP contribution in [0.4, 0.5) is 0 Å². The molecule has 0 atom stereocenters. The summed E-state index contributed by atoms with van der Waals surface area (Å²) in [6.07, 6.45) is 2.70. The summed E-state index contributed by atoms with van der Waals surface area (Å²) in [5.74, 6) is 1.43. The summed E-state index contributed by atoms with van der Waals surface area (Å²) < 4.78 is 7.02. The lowest BCUT2D eigenvalue weighted by atomic mass is 10.1. The molecule has 9 heteroatoms. The van der Waals surface area contributed by atoms with Crippen LogP contribution < -0.4 is 20.7 Å². The molecule has 0 spiro atoms. The van der Waals surface area contributed by atoms with Crippen molar-refractivity contribution >= 4 is 35.8 Å². The number of benzene rings is 2. The first-order valence-electron chi connectivity index (χ1n) is 10.1. The molecule has 3 N–H and O–H groups in total. The first-order chi connectivity index (χ1) is 15.1. The van der Waals surface area contributed by atoms with Gasteiger partial charge in [0.1, 0.15) is 5.75 Å². The third-order valence-corrected chi connectivity index (χ3v) is 4.76. The number of aromatic nitrogens is 2. The Morgan fingerprint density at radius 2 is 1.91 bits per heavy atom. The molecule has 0 aliphatic rings. The van der Waals surface area contributed by atoms with Crippen molar-refractivity contribution in [3.8, 4) is 11.4 Å². The van der Waals surface area contributed by atoms with Crippen molar-refractivity contribution < 1.29 is 9.53 Å². The van der Waals surface area contributed by atoms with Crippen LogP contribution in [0.5, 0.6) is 5.75 Å². The summed E-state index contributed by atoms with van der Waals surface area (Å²) in [7, 11) is 5.01. The summed E-state index contributed by atoms with van der Waals surface area (Å²) in [4.78, 5) is 16.0. The second-order valence-electron chi connectivity index (χ2n) is 6.83. The van der Waals surface area contributed by atoms with E-state index in [1.54, 1.807) is 27.3 Å². The maximum atomic E-state index is 11.8. The molecule has 0 unspecified atom stereocenters. The number of ether oxygens (including phenoxy) is 1. The second kappa shape index (κ2) is 12.7. The van der Waals surface area contributed by atoms with E-state index >= 15 is 0 Å². The first kappa shape index (κ1) is 25.2. The van der Waals surface area contributed by atoms with Crippen molar-refractivity contribution in [3.63, 3.8) is 0 Å². The molecular formula is C23H29IN6O2. The van der Waals surface area contributed by atoms with Gasteiger partial charge in [-0.1, -0.05) is 12.1 Å². The molecule has 0 aliphatic carbocycles. The largest absolute Gasteiger partial charge is 0.497 e. The van der Waals surface area contributed by atoms with Crippen molar-refractivity contribution in [1.29, 1.82) is 0 Å². The highest BCUT2D eigenvalue weighted by Gasteiger charge is 2.06. The Morgan fingerprint density at radius 1 is 1.12 bits per heavy atom. The number of aliphatic imine (C=N–C) groups is 1. The first-order valence-corrected chi connectivity index (χ1v) is 10.1. The minimum Gasteiger partial charge on any atom is -0.497 e. The zero-order valence-corrected chi connectivity index (χ0v) is 20.8. The second-order valence-corrected chi connectivity index (χ2v) is 6.83. The maximum absolute atomic E-state index is 11.8. The van der Waals surface area contributed by atoms with Gasteiger partial charge in [0.2, 0.25) is 0 Å². The van der Waals surface area contributed by atoms with E-state index in [1.807, 2.05) is 59.4 Å². The van der Waals surface area contributed by atoms with Gasteiger partial charge in [0.25, 0.3) is 5.91 Å². The van der Waals surface area contributed by atoms with Crippen molar-refractivity contribution in [2.24, 2.45) is 4.99 Å². The highest BCUT2D eigenvalue weighted by Crippen LogP contribution is 2.14. The Kier molecular flexibility index (Phi) is 9.99. The summed E-state index contributed by atoms with van der Waals surface area (Å²) in [6.45, 7) is 1.24. The van der Waals surface area contributed by atoms with Gasteiger partial charge >= 0.3 is 0 Å². The monoisotopic (exact) mass is 548 g/mol. The topological polar surface area (TPSA) is 92.6 Å². The van der Waals surface area contributed by atoms with E-state index in [9.17, 15) is 4.79 Å². The zero-order valence-electron chi connectivity index (χ0n) is 18.5. The average molecular weight is 548 g/mol. The molecule has 2 aromatic carbocycles. The SMILES string of the molecule is CN=C(NCCc1cccc(C(=O)NC)c1)NCc1ccn(-c2ccc(OC)cc2)n1.I. The van der Waals surface area contributed by atoms with Crippen LogP contribution in [0.25, 0.3) is 5.69 Å². The normalized spacial score (nSPS) is 10.8. The molecule has 1 heterocycles. The molecule has 170 valence electrons. The van der Waals surface area contributed by atoms with E-state index in [4.69, 9.17) is 4.74 Å². The van der Waals surface area contributed by atoms with E-state index in [-0.39, 0.29) is 29.9 Å². The fourth-order valence-corrected chi connectivity index (χ4v) is 3.07. The molecule has 0 saturated carbocycles. The molecule has 0 radical (unpaired) electrons. The predicted octanol–water partition coefficient (Wildman–Crippen LogP) is 2.77. The lowest BCUT2D eigenvalue weighted by Crippen LogP contribution is -2.38. The van der Waals surface area contributed by atoms with Gasteiger partial charge in [0.15, 0.2) is 5.96 Å². The zero-order chi connectivity index (χ0) is 22.1. The Morgan fingerprint density at radius 3 is 2.59 bits per heavy atom. The lowest BCUT2D eigenvalue weighted by molar-refractivity contribution is 0.0963. The Labute approximate surface area is 205 Å². The number of hydrogen-bond donors (Lipinski definition) is 3. The van der Waals surface area contributed by atoms with E-state index in [2.05, 4.69) is 26.0 Å². The van der Waals surface area contributed by atoms with Crippen molar-refractivity contribution in [2.45, 2.75) is 13.0 Å². The number of rotatable bonds is 8. The molecule has 0 bridgehead atoms. The smallest absolute Gasteiger partial charge is 0.251 e. The molecule has 0 fully saturated rings. The molecule has 1 amide bonds. The van der Waals surface area contributed by atoms with Gasteiger partial charge in [0.05, 0.1) is 25.0 Å². The number of amides is 1. The minimum atomic E-state index is -0.0821. The van der Waals surface area contributed by atoms with E-state index in [1.165, 1.54) is 0 Å². The summed E-state index contributed by atoms with van der Waals surface area (Å²) in [6, 6.07) is 17.3. The van der Waals surface area contributed by atoms with Crippen molar-refractivity contribution in [2.75, 3.05) is 27.7 Å². The molecule has 1 aromatic heterocycles. The van der Waals surface area contributed by atoms with Crippen molar-refractivity contribution in [1.82, 2.24) is 25.7 Å². The summed E-state index contributed by atoms with van der Waals surface area (Å²) >= 11 is 0. The molecule has 8 nitrogen and oxygen atoms in total. The number of halogens is 1. The number of carbonyl (C=O) groups excluding carboxylic acids is 1. The average Bonchev–Trinajstić information content (AvgIpc) is 3.30. The quantitative estimate of drug-likeness (QED) is 0.229. The van der Waals surface area contributed by atoms with Crippen LogP contribution in [0, 0.1) is 0 Å². The molecule has 0 saturated heterocycles. The Hall–Kier alpha value is -3.08. The molecule has 3 aromatic rings. The number of carbonyl (C=O) groups is 1. The van der Waals surface area contributed by atoms with Gasteiger partial charge in [-0.3, -0.25) is 9.79 Å². The Balaban J connectivity index is 0.00000363. The van der Waals surface area contributed by atoms with Gasteiger partial charge in [-0.2, -0.15) is 5.10 Å². The highest BCUT2D eigenvalue weighted by atomic mass is 127. The summed E-state index contributed by atoms with van der Waals surface area (Å²) in [5.41, 5.74) is 3.61. The van der Waals surface area contributed by atoms with Crippen LogP contribution in [0.2, 0.25) is 0 Å². The van der Waals surface area contributed by atoms with Gasteiger partial charge in [-0.05, 0) is 54.4 Å². The van der Waals surface area contributed by atoms with Gasteiger partial charge in [-0.25, -0.2) is 4.68 Å². The molecule has 0 aliphatic heterocycles. The van der Waals surface area contributed by atoms with Gasteiger partial charge < -0.3 is 20.7 Å². The van der Waals surface area contributed by atoms with Gasteiger partial charge in [-0.15, -0.1) is 24.0 Å². The van der Waals surface area contributed by atoms with E-state index < -0.39 is 0 Å². The fourth-order valence-electron chi connectivity index (χ4n) is 3.07. The third kappa shape index (κ3) is 6.98. The van der Waals surface area contributed by atoms with Crippen LogP contribution in [0.15, 0.2) is 65.8 Å². The van der Waals surface area contributed by atoms with E-state index in [0.717, 1.165) is 29.1 Å². The molecular weight excluding hydrogens is 519 g/mol. The van der Waals surface area contributed by atoms with Crippen LogP contribution in [0.1, 0.15) is 21.6 Å². The lowest BCUT2D eigenvalue weighted by Gasteiger charge is -2.11. The number of hydrogen-bond acceptors (Lipinski definition) is 4. The van der Waals surface area contributed by atoms with E-state index in [0.29, 0.717) is 24.6 Å². The number of nitrogens with one attached hydrogen (secondary N) is 3. The number of nitrogens with zero attached hydrogens (tertiary/aromatic N) is 3. The standard InChI is InChI=1S/C23H28N6O2.HI/c1-24-22(30)18-6-4-5-17(15-18)11-13-26-23(25-2)27-16-19-12-14-29(28-19)20-7-9-21(31-3)10-8-20;/h4-10,12,14-15H,11,13,16H2,1-3H3,(H,24,30)(H2,25,26,27);1H. The molecule has 32 heavy (non-hydrogen) atoms. The highest BCUT2D eigenvalue weighted by molar-refractivity contribution is 14.0.